The third kappa shape index (κ3) is 3.61. The van der Waals surface area contributed by atoms with Crippen LogP contribution in [-0.2, 0) is 0 Å². The second-order valence-corrected chi connectivity index (χ2v) is 7.38. The highest BCUT2D eigenvalue weighted by Gasteiger charge is 2.27. The van der Waals surface area contributed by atoms with Gasteiger partial charge < -0.3 is 15.3 Å². The summed E-state index contributed by atoms with van der Waals surface area (Å²) in [6, 6.07) is 22.6. The zero-order valence-corrected chi connectivity index (χ0v) is 17.2. The first-order valence-electron chi connectivity index (χ1n) is 9.97. The van der Waals surface area contributed by atoms with Crippen LogP contribution in [0.3, 0.4) is 0 Å². The van der Waals surface area contributed by atoms with Crippen molar-refractivity contribution < 1.29 is 24.9 Å². The topological polar surface area (TPSA) is 94.8 Å². The van der Waals surface area contributed by atoms with Gasteiger partial charge in [-0.05, 0) is 36.2 Å². The van der Waals surface area contributed by atoms with Crippen molar-refractivity contribution in [3.63, 3.8) is 0 Å². The van der Waals surface area contributed by atoms with Crippen LogP contribution in [0.4, 0.5) is 0 Å². The van der Waals surface area contributed by atoms with Crippen molar-refractivity contribution in [3.8, 4) is 39.5 Å². The molecular formula is C27H20O5. The monoisotopic (exact) mass is 424 g/mol. The number of rotatable bonds is 5. The fourth-order valence-corrected chi connectivity index (χ4v) is 3.77. The van der Waals surface area contributed by atoms with Gasteiger partial charge in [-0.15, -0.1) is 0 Å². The number of aromatic hydroxyl groups is 3. The maximum atomic E-state index is 13.1. The number of phenols is 3. The molecule has 32 heavy (non-hydrogen) atoms. The van der Waals surface area contributed by atoms with E-state index >= 15 is 0 Å². The number of benzene rings is 4. The van der Waals surface area contributed by atoms with Crippen LogP contribution in [0.15, 0.2) is 84.9 Å². The first-order chi connectivity index (χ1) is 15.4. The molecule has 5 nitrogen and oxygen atoms in total. The number of phenolic OH excluding ortho intramolecular Hbond substituents is 3. The van der Waals surface area contributed by atoms with Gasteiger partial charge >= 0.3 is 0 Å². The Balaban J connectivity index is 1.99. The summed E-state index contributed by atoms with van der Waals surface area (Å²) in [4.78, 5) is 25.9. The van der Waals surface area contributed by atoms with Crippen molar-refractivity contribution >= 4 is 11.6 Å². The minimum Gasteiger partial charge on any atom is -0.507 e. The van der Waals surface area contributed by atoms with Crippen LogP contribution in [0, 0.1) is 6.92 Å². The van der Waals surface area contributed by atoms with Gasteiger partial charge in [0.05, 0.1) is 5.56 Å². The summed E-state index contributed by atoms with van der Waals surface area (Å²) in [6.07, 6.45) is 0. The Morgan fingerprint density at radius 1 is 0.625 bits per heavy atom. The van der Waals surface area contributed by atoms with Gasteiger partial charge in [0.15, 0.2) is 0 Å². The Bertz CT molecular complexity index is 1340. The Labute approximate surface area is 184 Å². The minimum absolute atomic E-state index is 0.0221. The Kier molecular flexibility index (Phi) is 5.48. The molecule has 158 valence electrons. The van der Waals surface area contributed by atoms with Crippen LogP contribution in [0.5, 0.6) is 17.2 Å². The predicted octanol–water partition coefficient (Wildman–Crippen LogP) is 5.51. The van der Waals surface area contributed by atoms with E-state index in [1.54, 1.807) is 61.5 Å². The highest BCUT2D eigenvalue weighted by molar-refractivity contribution is 6.50. The molecule has 0 amide bonds. The average molecular weight is 424 g/mol. The maximum Gasteiger partial charge on any atom is 0.237 e. The van der Waals surface area contributed by atoms with Gasteiger partial charge in [-0.1, -0.05) is 66.7 Å². The second kappa shape index (κ2) is 8.40. The van der Waals surface area contributed by atoms with E-state index in [4.69, 9.17) is 0 Å². The van der Waals surface area contributed by atoms with E-state index in [1.807, 2.05) is 0 Å². The molecule has 0 saturated carbocycles. The second-order valence-electron chi connectivity index (χ2n) is 7.38. The summed E-state index contributed by atoms with van der Waals surface area (Å²) in [5.41, 5.74) is 2.02. The van der Waals surface area contributed by atoms with Gasteiger partial charge in [0.25, 0.3) is 0 Å². The number of para-hydroxylation sites is 2. The third-order valence-corrected chi connectivity index (χ3v) is 5.40. The van der Waals surface area contributed by atoms with Gasteiger partial charge in [-0.3, -0.25) is 9.59 Å². The molecular weight excluding hydrogens is 404 g/mol. The highest BCUT2D eigenvalue weighted by atomic mass is 16.3. The molecule has 0 radical (unpaired) electrons. The fraction of sp³-hybridized carbons (Fsp3) is 0.0370. The van der Waals surface area contributed by atoms with Crippen LogP contribution in [0.2, 0.25) is 0 Å². The lowest BCUT2D eigenvalue weighted by molar-refractivity contribution is 0.0815. The van der Waals surface area contributed by atoms with E-state index in [0.29, 0.717) is 27.8 Å². The number of ketones is 2. The summed E-state index contributed by atoms with van der Waals surface area (Å²) in [7, 11) is 0. The molecule has 0 atom stereocenters. The van der Waals surface area contributed by atoms with Crippen molar-refractivity contribution in [2.45, 2.75) is 6.92 Å². The molecule has 0 aliphatic heterocycles. The number of carbonyl (C=O) groups is 2. The van der Waals surface area contributed by atoms with Crippen LogP contribution in [-0.4, -0.2) is 26.9 Å². The zero-order valence-electron chi connectivity index (χ0n) is 17.2. The van der Waals surface area contributed by atoms with Gasteiger partial charge in [0.2, 0.25) is 11.6 Å². The van der Waals surface area contributed by atoms with Crippen LogP contribution in [0.25, 0.3) is 22.3 Å². The minimum atomic E-state index is -0.864. The molecule has 4 aromatic rings. The summed E-state index contributed by atoms with van der Waals surface area (Å²) in [6.45, 7) is 1.60. The Hall–Kier alpha value is -4.38. The predicted molar refractivity (Wildman–Crippen MR) is 122 cm³/mol. The van der Waals surface area contributed by atoms with E-state index in [9.17, 15) is 24.9 Å². The number of carbonyl (C=O) groups excluding carboxylic acids is 2. The third-order valence-electron chi connectivity index (χ3n) is 5.40. The lowest BCUT2D eigenvalue weighted by Gasteiger charge is -2.19. The van der Waals surface area contributed by atoms with Gasteiger partial charge in [-0.25, -0.2) is 0 Å². The Morgan fingerprint density at radius 3 is 1.75 bits per heavy atom. The smallest absolute Gasteiger partial charge is 0.237 e. The summed E-state index contributed by atoms with van der Waals surface area (Å²) < 4.78 is 0. The van der Waals surface area contributed by atoms with Crippen molar-refractivity contribution in [1.29, 1.82) is 0 Å². The number of hydrogen-bond acceptors (Lipinski definition) is 5. The largest absolute Gasteiger partial charge is 0.507 e. The molecule has 0 aliphatic rings. The molecule has 5 heteroatoms. The van der Waals surface area contributed by atoms with Crippen molar-refractivity contribution in [3.05, 3.63) is 102 Å². The lowest BCUT2D eigenvalue weighted by atomic mass is 9.86. The van der Waals surface area contributed by atoms with E-state index in [0.717, 1.165) is 0 Å². The van der Waals surface area contributed by atoms with Crippen LogP contribution in [0.1, 0.15) is 26.3 Å². The SMILES string of the molecule is Cc1c(O)c(C(=O)C(=O)c2ccccc2)cc(-c2ccccc2O)c1-c1ccccc1O. The maximum absolute atomic E-state index is 13.1. The Morgan fingerprint density at radius 2 is 1.16 bits per heavy atom. The molecule has 0 saturated heterocycles. The highest BCUT2D eigenvalue weighted by Crippen LogP contribution is 2.45. The summed E-state index contributed by atoms with van der Waals surface area (Å²) in [5, 5.41) is 31.9. The molecule has 0 spiro atoms. The number of hydrogen-bond donors (Lipinski definition) is 3. The normalized spacial score (nSPS) is 10.7. The number of Topliss-reactive ketones (excluding diaryl/α,β-unsaturated/α-hetero) is 2. The quantitative estimate of drug-likeness (QED) is 0.290. The van der Waals surface area contributed by atoms with E-state index in [1.165, 1.54) is 30.3 Å². The summed E-state index contributed by atoms with van der Waals surface area (Å²) in [5.74, 6) is -2.03. The van der Waals surface area contributed by atoms with Crippen molar-refractivity contribution in [1.82, 2.24) is 0 Å². The average Bonchev–Trinajstić information content (AvgIpc) is 2.81. The van der Waals surface area contributed by atoms with Crippen molar-refractivity contribution in [2.24, 2.45) is 0 Å². The first-order valence-corrected chi connectivity index (χ1v) is 9.97. The molecule has 0 bridgehead atoms. The van der Waals surface area contributed by atoms with Gasteiger partial charge in [-0.2, -0.15) is 0 Å². The first kappa shape index (κ1) is 20.9. The van der Waals surface area contributed by atoms with Gasteiger partial charge in [0.1, 0.15) is 17.2 Å². The molecule has 0 aromatic heterocycles. The molecule has 0 heterocycles. The van der Waals surface area contributed by atoms with Gasteiger partial charge in [0, 0.05) is 22.3 Å². The van der Waals surface area contributed by atoms with E-state index in [-0.39, 0.29) is 28.4 Å². The molecule has 4 rings (SSSR count). The zero-order chi connectivity index (χ0) is 22.8. The molecule has 0 fully saturated rings. The van der Waals surface area contributed by atoms with Crippen LogP contribution < -0.4 is 0 Å². The van der Waals surface area contributed by atoms with Crippen LogP contribution >= 0.6 is 0 Å². The molecule has 3 N–H and O–H groups in total. The lowest BCUT2D eigenvalue weighted by Crippen LogP contribution is -2.15. The fourth-order valence-electron chi connectivity index (χ4n) is 3.77. The molecule has 0 aliphatic carbocycles. The van der Waals surface area contributed by atoms with Crippen molar-refractivity contribution in [2.75, 3.05) is 0 Å². The standard InChI is InChI=1S/C27H20O5/c1-16-24(19-12-6-8-14-23(19)29)20(18-11-5-7-13-22(18)28)15-21(25(16)30)27(32)26(31)17-9-3-2-4-10-17/h2-15,28-30H,1H3. The summed E-state index contributed by atoms with van der Waals surface area (Å²) >= 11 is 0. The molecule has 0 unspecified atom stereocenters. The molecule has 4 aromatic carbocycles. The van der Waals surface area contributed by atoms with E-state index < -0.39 is 11.6 Å². The van der Waals surface area contributed by atoms with E-state index in [2.05, 4.69) is 0 Å².